The Hall–Kier alpha value is -2.74. The Morgan fingerprint density at radius 1 is 1.39 bits per heavy atom. The van der Waals surface area contributed by atoms with Crippen LogP contribution in [0.5, 0.6) is 0 Å². The lowest BCUT2D eigenvalue weighted by Gasteiger charge is -2.01. The molecule has 0 N–H and O–H groups in total. The number of ether oxygens (including phenoxy) is 1. The first-order chi connectivity index (χ1) is 11.2. The Labute approximate surface area is 136 Å². The number of pyridine rings is 1. The summed E-state index contributed by atoms with van der Waals surface area (Å²) in [7, 11) is 1.59. The first-order valence-corrected chi connectivity index (χ1v) is 7.67. The quantitative estimate of drug-likeness (QED) is 0.740. The Morgan fingerprint density at radius 2 is 2.09 bits per heavy atom. The molecular formula is C16H14N4O2S. The van der Waals surface area contributed by atoms with Crippen LogP contribution in [0.1, 0.15) is 12.0 Å². The topological polar surface area (TPSA) is 91.7 Å². The predicted octanol–water partition coefficient (Wildman–Crippen LogP) is 0.368. The lowest BCUT2D eigenvalue weighted by molar-refractivity contribution is 0.190. The van der Waals surface area contributed by atoms with E-state index in [1.165, 1.54) is 4.57 Å². The van der Waals surface area contributed by atoms with E-state index in [1.807, 2.05) is 12.1 Å². The first-order valence-electron chi connectivity index (χ1n) is 6.86. The van der Waals surface area contributed by atoms with Gasteiger partial charge in [-0.05, 0) is 30.2 Å². The number of aromatic nitrogens is 2. The van der Waals surface area contributed by atoms with E-state index in [-0.39, 0.29) is 11.1 Å². The molecule has 7 heteroatoms. The van der Waals surface area contributed by atoms with Crippen LogP contribution in [-0.4, -0.2) is 23.3 Å². The summed E-state index contributed by atoms with van der Waals surface area (Å²) in [4.78, 5) is 16.5. The monoisotopic (exact) mass is 326 g/mol. The average Bonchev–Trinajstić information content (AvgIpc) is 2.87. The minimum absolute atomic E-state index is 0.0566. The molecular weight excluding hydrogens is 312 g/mol. The van der Waals surface area contributed by atoms with E-state index >= 15 is 0 Å². The fourth-order valence-corrected chi connectivity index (χ4v) is 3.09. The Kier molecular flexibility index (Phi) is 5.81. The number of thiazole rings is 1. The lowest BCUT2D eigenvalue weighted by Crippen LogP contribution is -2.32. The number of nitriles is 2. The van der Waals surface area contributed by atoms with Crippen LogP contribution in [0.15, 0.2) is 29.3 Å². The van der Waals surface area contributed by atoms with Gasteiger partial charge < -0.3 is 4.74 Å². The molecule has 0 radical (unpaired) electrons. The van der Waals surface area contributed by atoms with Gasteiger partial charge in [0.15, 0.2) is 5.57 Å². The Balaban J connectivity index is 2.65. The minimum Gasteiger partial charge on any atom is -0.385 e. The van der Waals surface area contributed by atoms with Gasteiger partial charge in [0.25, 0.3) is 5.56 Å². The second-order valence-corrected chi connectivity index (χ2v) is 5.63. The molecule has 0 amide bonds. The molecule has 2 heterocycles. The second kappa shape index (κ2) is 8.04. The van der Waals surface area contributed by atoms with E-state index in [4.69, 9.17) is 15.3 Å². The molecule has 0 saturated carbocycles. The molecule has 2 rings (SSSR count). The van der Waals surface area contributed by atoms with Crippen molar-refractivity contribution in [2.75, 3.05) is 13.7 Å². The van der Waals surface area contributed by atoms with Crippen molar-refractivity contribution in [3.63, 3.8) is 0 Å². The van der Waals surface area contributed by atoms with Gasteiger partial charge >= 0.3 is 0 Å². The van der Waals surface area contributed by atoms with Gasteiger partial charge in [-0.15, -0.1) is 11.3 Å². The Morgan fingerprint density at radius 3 is 2.70 bits per heavy atom. The van der Waals surface area contributed by atoms with E-state index < -0.39 is 0 Å². The van der Waals surface area contributed by atoms with E-state index in [2.05, 4.69) is 4.98 Å². The van der Waals surface area contributed by atoms with E-state index in [9.17, 15) is 4.79 Å². The molecule has 0 saturated heterocycles. The minimum atomic E-state index is -0.207. The third-order valence-corrected chi connectivity index (χ3v) is 4.21. The van der Waals surface area contributed by atoms with Crippen molar-refractivity contribution < 1.29 is 4.74 Å². The number of hydrogen-bond acceptors (Lipinski definition) is 6. The van der Waals surface area contributed by atoms with Crippen molar-refractivity contribution in [1.82, 2.24) is 9.55 Å². The van der Waals surface area contributed by atoms with Gasteiger partial charge in [0.1, 0.15) is 16.8 Å². The molecule has 0 spiro atoms. The fraction of sp³-hybridized carbons (Fsp3) is 0.250. The summed E-state index contributed by atoms with van der Waals surface area (Å²) in [6.45, 7) is 0.898. The van der Waals surface area contributed by atoms with Crippen LogP contribution in [0.4, 0.5) is 0 Å². The summed E-state index contributed by atoms with van der Waals surface area (Å²) in [6, 6.07) is 7.28. The smallest absolute Gasteiger partial charge is 0.269 e. The SMILES string of the molecule is COCCCn1c(=C(C#N)C#N)sc(=Cc2ccncc2)c1=O. The maximum absolute atomic E-state index is 12.6. The van der Waals surface area contributed by atoms with Gasteiger partial charge in [-0.2, -0.15) is 10.5 Å². The highest BCUT2D eigenvalue weighted by molar-refractivity contribution is 7.07. The van der Waals surface area contributed by atoms with Crippen LogP contribution in [-0.2, 0) is 11.3 Å². The van der Waals surface area contributed by atoms with Crippen LogP contribution < -0.4 is 14.8 Å². The summed E-state index contributed by atoms with van der Waals surface area (Å²) < 4.78 is 7.33. The summed E-state index contributed by atoms with van der Waals surface area (Å²) in [5.74, 6) is 0. The average molecular weight is 326 g/mol. The van der Waals surface area contributed by atoms with Gasteiger partial charge in [-0.3, -0.25) is 14.3 Å². The van der Waals surface area contributed by atoms with Crippen molar-refractivity contribution in [2.45, 2.75) is 13.0 Å². The zero-order valence-electron chi connectivity index (χ0n) is 12.5. The molecule has 2 aromatic heterocycles. The van der Waals surface area contributed by atoms with Crippen molar-refractivity contribution in [2.24, 2.45) is 0 Å². The van der Waals surface area contributed by atoms with E-state index in [1.54, 1.807) is 37.7 Å². The zero-order chi connectivity index (χ0) is 16.7. The van der Waals surface area contributed by atoms with Crippen molar-refractivity contribution >= 4 is 23.0 Å². The molecule has 0 aliphatic rings. The molecule has 0 aliphatic carbocycles. The second-order valence-electron chi connectivity index (χ2n) is 4.60. The van der Waals surface area contributed by atoms with Crippen molar-refractivity contribution in [1.29, 1.82) is 10.5 Å². The lowest BCUT2D eigenvalue weighted by atomic mass is 10.2. The van der Waals surface area contributed by atoms with Gasteiger partial charge in [0.2, 0.25) is 0 Å². The standard InChI is InChI=1S/C16H14N4O2S/c1-22-8-2-7-20-15(21)14(9-12-3-5-19-6-4-12)23-16(20)13(10-17)11-18/h3-6,9H,2,7-8H2,1H3. The molecule has 6 nitrogen and oxygen atoms in total. The molecule has 0 bridgehead atoms. The molecule has 116 valence electrons. The fourth-order valence-electron chi connectivity index (χ4n) is 2.01. The molecule has 0 aliphatic heterocycles. The van der Waals surface area contributed by atoms with E-state index in [0.717, 1.165) is 16.9 Å². The summed E-state index contributed by atoms with van der Waals surface area (Å²) in [5.41, 5.74) is 0.573. The third-order valence-electron chi connectivity index (χ3n) is 3.08. The normalized spacial score (nSPS) is 11.0. The van der Waals surface area contributed by atoms with E-state index in [0.29, 0.717) is 28.8 Å². The summed E-state index contributed by atoms with van der Waals surface area (Å²) in [5, 5.41) is 18.2. The molecule has 0 fully saturated rings. The highest BCUT2D eigenvalue weighted by atomic mass is 32.1. The molecule has 0 atom stereocenters. The maximum atomic E-state index is 12.6. The largest absolute Gasteiger partial charge is 0.385 e. The van der Waals surface area contributed by atoms with Crippen LogP contribution in [0.3, 0.4) is 0 Å². The molecule has 0 aromatic carbocycles. The van der Waals surface area contributed by atoms with Crippen molar-refractivity contribution in [3.8, 4) is 12.1 Å². The molecule has 2 aromatic rings. The Bertz CT molecular complexity index is 914. The third kappa shape index (κ3) is 3.92. The number of hydrogen-bond donors (Lipinski definition) is 0. The number of nitrogens with zero attached hydrogens (tertiary/aromatic N) is 4. The van der Waals surface area contributed by atoms with Crippen molar-refractivity contribution in [3.05, 3.63) is 49.6 Å². The maximum Gasteiger partial charge on any atom is 0.269 e. The summed E-state index contributed by atoms with van der Waals surface area (Å²) >= 11 is 1.15. The first kappa shape index (κ1) is 16.6. The van der Waals surface area contributed by atoms with Gasteiger partial charge in [-0.25, -0.2) is 0 Å². The summed E-state index contributed by atoms with van der Waals surface area (Å²) in [6.07, 6.45) is 5.63. The van der Waals surface area contributed by atoms with Gasteiger partial charge in [0.05, 0.1) is 4.53 Å². The van der Waals surface area contributed by atoms with Crippen LogP contribution in [0, 0.1) is 22.7 Å². The highest BCUT2D eigenvalue weighted by Crippen LogP contribution is 1.97. The van der Waals surface area contributed by atoms with Crippen LogP contribution in [0.25, 0.3) is 11.6 Å². The van der Waals surface area contributed by atoms with Gasteiger partial charge in [-0.1, -0.05) is 0 Å². The van der Waals surface area contributed by atoms with Crippen LogP contribution in [0.2, 0.25) is 0 Å². The predicted molar refractivity (Wildman–Crippen MR) is 86.8 cm³/mol. The number of methoxy groups -OCH3 is 1. The molecule has 0 unspecified atom stereocenters. The molecule has 23 heavy (non-hydrogen) atoms. The number of rotatable bonds is 5. The highest BCUT2D eigenvalue weighted by Gasteiger charge is 2.09. The van der Waals surface area contributed by atoms with Crippen LogP contribution >= 0.6 is 11.3 Å². The van der Waals surface area contributed by atoms with Gasteiger partial charge in [0, 0.05) is 32.7 Å². The zero-order valence-corrected chi connectivity index (χ0v) is 13.3.